The van der Waals surface area contributed by atoms with Crippen LogP contribution in [0, 0.1) is 19.8 Å². The largest absolute Gasteiger partial charge is 0.454 e. The van der Waals surface area contributed by atoms with Gasteiger partial charge in [-0.3, -0.25) is 4.90 Å². The standard InChI is InChI=1S/C21H29N3O3/c1-14-16(3)27-21(23-14)12-24-8-6-17(7-9-24)11-22-15(2)18-4-5-19-20(10-18)26-13-25-19/h4-5,10,15,17,22H,6-9,11-13H2,1-3H3. The maximum atomic E-state index is 5.72. The zero-order chi connectivity index (χ0) is 18.8. The van der Waals surface area contributed by atoms with Crippen molar-refractivity contribution in [2.75, 3.05) is 26.4 Å². The Morgan fingerprint density at radius 1 is 1.19 bits per heavy atom. The third-order valence-electron chi connectivity index (χ3n) is 5.75. The second kappa shape index (κ2) is 7.90. The second-order valence-corrected chi connectivity index (χ2v) is 7.71. The lowest BCUT2D eigenvalue weighted by Gasteiger charge is -2.31. The molecule has 3 heterocycles. The first-order valence-corrected chi connectivity index (χ1v) is 9.86. The number of benzene rings is 1. The molecule has 0 amide bonds. The molecule has 146 valence electrons. The van der Waals surface area contributed by atoms with Gasteiger partial charge in [-0.1, -0.05) is 6.07 Å². The fourth-order valence-corrected chi connectivity index (χ4v) is 3.79. The number of hydrogen-bond donors (Lipinski definition) is 1. The topological polar surface area (TPSA) is 59.8 Å². The Kier molecular flexibility index (Phi) is 5.36. The highest BCUT2D eigenvalue weighted by Gasteiger charge is 2.22. The number of piperidine rings is 1. The van der Waals surface area contributed by atoms with E-state index in [-0.39, 0.29) is 0 Å². The first-order chi connectivity index (χ1) is 13.1. The molecule has 1 saturated heterocycles. The van der Waals surface area contributed by atoms with E-state index < -0.39 is 0 Å². The Morgan fingerprint density at radius 2 is 1.96 bits per heavy atom. The minimum atomic E-state index is 0.302. The summed E-state index contributed by atoms with van der Waals surface area (Å²) in [6, 6.07) is 6.51. The van der Waals surface area contributed by atoms with E-state index in [1.165, 1.54) is 18.4 Å². The SMILES string of the molecule is Cc1nc(CN2CCC(CNC(C)c3ccc4c(c3)OCO4)CC2)oc1C. The van der Waals surface area contributed by atoms with Crippen LogP contribution in [0.2, 0.25) is 0 Å². The van der Waals surface area contributed by atoms with Gasteiger partial charge in [0.2, 0.25) is 12.7 Å². The molecule has 1 aromatic carbocycles. The lowest BCUT2D eigenvalue weighted by atomic mass is 9.96. The molecule has 6 heteroatoms. The molecule has 27 heavy (non-hydrogen) atoms. The first-order valence-electron chi connectivity index (χ1n) is 9.86. The molecular weight excluding hydrogens is 342 g/mol. The van der Waals surface area contributed by atoms with Crippen molar-refractivity contribution >= 4 is 0 Å². The van der Waals surface area contributed by atoms with Gasteiger partial charge < -0.3 is 19.2 Å². The molecule has 0 spiro atoms. The van der Waals surface area contributed by atoms with Gasteiger partial charge in [-0.2, -0.15) is 0 Å². The highest BCUT2D eigenvalue weighted by molar-refractivity contribution is 5.45. The van der Waals surface area contributed by atoms with Crippen molar-refractivity contribution in [1.82, 2.24) is 15.2 Å². The van der Waals surface area contributed by atoms with E-state index in [0.29, 0.717) is 18.8 Å². The van der Waals surface area contributed by atoms with Crippen molar-refractivity contribution in [3.8, 4) is 11.5 Å². The molecule has 0 bridgehead atoms. The molecule has 1 atom stereocenters. The lowest BCUT2D eigenvalue weighted by molar-refractivity contribution is 0.160. The number of likely N-dealkylation sites (tertiary alicyclic amines) is 1. The van der Waals surface area contributed by atoms with Crippen LogP contribution in [0.4, 0.5) is 0 Å². The summed E-state index contributed by atoms with van der Waals surface area (Å²) in [5.41, 5.74) is 2.24. The predicted octanol–water partition coefficient (Wildman–Crippen LogP) is 3.58. The van der Waals surface area contributed by atoms with E-state index in [1.807, 2.05) is 19.9 Å². The van der Waals surface area contributed by atoms with Crippen LogP contribution in [-0.4, -0.2) is 36.3 Å². The Balaban J connectivity index is 1.22. The summed E-state index contributed by atoms with van der Waals surface area (Å²) < 4.78 is 16.6. The van der Waals surface area contributed by atoms with Crippen molar-refractivity contribution in [1.29, 1.82) is 0 Å². The summed E-state index contributed by atoms with van der Waals surface area (Å²) in [5.74, 6) is 4.19. The molecule has 1 aromatic heterocycles. The Bertz CT molecular complexity index is 761. The van der Waals surface area contributed by atoms with Crippen LogP contribution in [0.1, 0.15) is 48.7 Å². The van der Waals surface area contributed by atoms with Crippen LogP contribution >= 0.6 is 0 Å². The van der Waals surface area contributed by atoms with E-state index in [1.54, 1.807) is 0 Å². The van der Waals surface area contributed by atoms with Gasteiger partial charge in [-0.25, -0.2) is 4.98 Å². The monoisotopic (exact) mass is 371 g/mol. The van der Waals surface area contributed by atoms with Crippen LogP contribution in [0.3, 0.4) is 0 Å². The molecule has 1 fully saturated rings. The highest BCUT2D eigenvalue weighted by Crippen LogP contribution is 2.34. The summed E-state index contributed by atoms with van der Waals surface area (Å²) in [5, 5.41) is 3.69. The molecule has 4 rings (SSSR count). The van der Waals surface area contributed by atoms with Gasteiger partial charge in [0, 0.05) is 6.04 Å². The number of fused-ring (bicyclic) bond motifs is 1. The van der Waals surface area contributed by atoms with E-state index in [4.69, 9.17) is 13.9 Å². The van der Waals surface area contributed by atoms with E-state index in [0.717, 1.165) is 55.0 Å². The van der Waals surface area contributed by atoms with Crippen LogP contribution in [0.15, 0.2) is 22.6 Å². The first kappa shape index (κ1) is 18.3. The van der Waals surface area contributed by atoms with Crippen molar-refractivity contribution in [3.63, 3.8) is 0 Å². The summed E-state index contributed by atoms with van der Waals surface area (Å²) in [7, 11) is 0. The third kappa shape index (κ3) is 4.28. The van der Waals surface area contributed by atoms with Gasteiger partial charge in [-0.05, 0) is 76.9 Å². The van der Waals surface area contributed by atoms with Gasteiger partial charge >= 0.3 is 0 Å². The van der Waals surface area contributed by atoms with Crippen LogP contribution in [0.5, 0.6) is 11.5 Å². The van der Waals surface area contributed by atoms with Crippen LogP contribution < -0.4 is 14.8 Å². The minimum Gasteiger partial charge on any atom is -0.454 e. The zero-order valence-corrected chi connectivity index (χ0v) is 16.5. The number of aryl methyl sites for hydroxylation is 2. The Labute approximate surface area is 160 Å². The third-order valence-corrected chi connectivity index (χ3v) is 5.75. The normalized spacial score (nSPS) is 18.8. The smallest absolute Gasteiger partial charge is 0.231 e. The van der Waals surface area contributed by atoms with E-state index in [9.17, 15) is 0 Å². The number of rotatable bonds is 6. The van der Waals surface area contributed by atoms with Crippen molar-refractivity contribution in [2.45, 2.75) is 46.2 Å². The Hall–Kier alpha value is -2.05. The van der Waals surface area contributed by atoms with Crippen LogP contribution in [-0.2, 0) is 6.54 Å². The van der Waals surface area contributed by atoms with Gasteiger partial charge in [0.25, 0.3) is 0 Å². The molecule has 1 unspecified atom stereocenters. The number of nitrogens with one attached hydrogen (secondary N) is 1. The van der Waals surface area contributed by atoms with Gasteiger partial charge in [0.05, 0.1) is 12.2 Å². The Morgan fingerprint density at radius 3 is 2.70 bits per heavy atom. The van der Waals surface area contributed by atoms with Gasteiger partial charge in [-0.15, -0.1) is 0 Å². The van der Waals surface area contributed by atoms with Gasteiger partial charge in [0.15, 0.2) is 11.5 Å². The minimum absolute atomic E-state index is 0.302. The molecule has 0 radical (unpaired) electrons. The molecule has 0 aliphatic carbocycles. The lowest BCUT2D eigenvalue weighted by Crippen LogP contribution is -2.37. The summed E-state index contributed by atoms with van der Waals surface area (Å²) in [6.07, 6.45) is 2.42. The maximum absolute atomic E-state index is 5.72. The molecule has 2 aliphatic heterocycles. The second-order valence-electron chi connectivity index (χ2n) is 7.71. The fraction of sp³-hybridized carbons (Fsp3) is 0.571. The number of oxazole rings is 1. The molecule has 2 aromatic rings. The van der Waals surface area contributed by atoms with Crippen molar-refractivity contribution < 1.29 is 13.9 Å². The molecule has 1 N–H and O–H groups in total. The number of nitrogens with zero attached hydrogens (tertiary/aromatic N) is 2. The van der Waals surface area contributed by atoms with Crippen LogP contribution in [0.25, 0.3) is 0 Å². The molecule has 2 aliphatic rings. The van der Waals surface area contributed by atoms with E-state index >= 15 is 0 Å². The van der Waals surface area contributed by atoms with E-state index in [2.05, 4.69) is 34.3 Å². The average Bonchev–Trinajstić information content (AvgIpc) is 3.26. The van der Waals surface area contributed by atoms with Gasteiger partial charge in [0.1, 0.15) is 5.76 Å². The fourth-order valence-electron chi connectivity index (χ4n) is 3.79. The molecule has 0 saturated carbocycles. The maximum Gasteiger partial charge on any atom is 0.231 e. The summed E-state index contributed by atoms with van der Waals surface area (Å²) in [6.45, 7) is 10.6. The number of hydrogen-bond acceptors (Lipinski definition) is 6. The quantitative estimate of drug-likeness (QED) is 0.837. The molecular formula is C21H29N3O3. The summed E-state index contributed by atoms with van der Waals surface area (Å²) >= 11 is 0. The number of ether oxygens (including phenoxy) is 2. The van der Waals surface area contributed by atoms with Crippen molar-refractivity contribution in [3.05, 3.63) is 41.1 Å². The molecule has 6 nitrogen and oxygen atoms in total. The number of aromatic nitrogens is 1. The van der Waals surface area contributed by atoms with Crippen molar-refractivity contribution in [2.24, 2.45) is 5.92 Å². The highest BCUT2D eigenvalue weighted by atomic mass is 16.7. The predicted molar refractivity (Wildman–Crippen MR) is 103 cm³/mol. The summed E-state index contributed by atoms with van der Waals surface area (Å²) in [4.78, 5) is 6.95. The zero-order valence-electron chi connectivity index (χ0n) is 16.5. The average molecular weight is 371 g/mol.